The van der Waals surface area contributed by atoms with E-state index in [0.29, 0.717) is 6.04 Å². The van der Waals surface area contributed by atoms with Crippen molar-refractivity contribution in [1.29, 1.82) is 0 Å². The van der Waals surface area contributed by atoms with E-state index in [0.717, 1.165) is 37.5 Å². The average molecular weight is 282 g/mol. The zero-order valence-electron chi connectivity index (χ0n) is 11.8. The molecule has 1 aliphatic heterocycles. The van der Waals surface area contributed by atoms with Crippen molar-refractivity contribution in [3.8, 4) is 0 Å². The van der Waals surface area contributed by atoms with E-state index in [2.05, 4.69) is 30.0 Å². The molecule has 0 radical (unpaired) electrons. The lowest BCUT2D eigenvalue weighted by Crippen LogP contribution is -2.51. The van der Waals surface area contributed by atoms with Crippen molar-refractivity contribution >= 4 is 11.6 Å². The fourth-order valence-electron chi connectivity index (χ4n) is 2.76. The van der Waals surface area contributed by atoms with E-state index >= 15 is 0 Å². The van der Waals surface area contributed by atoms with E-state index in [4.69, 9.17) is 17.3 Å². The van der Waals surface area contributed by atoms with Crippen molar-refractivity contribution in [2.75, 3.05) is 33.7 Å². The molecule has 1 aromatic carbocycles. The van der Waals surface area contributed by atoms with Gasteiger partial charge in [-0.15, -0.1) is 0 Å². The Bertz CT molecular complexity index is 410. The maximum absolute atomic E-state index is 6.31. The van der Waals surface area contributed by atoms with Crippen LogP contribution < -0.4 is 5.73 Å². The number of nitrogens with zero attached hydrogens (tertiary/aromatic N) is 2. The van der Waals surface area contributed by atoms with Gasteiger partial charge in [0.1, 0.15) is 0 Å². The molecule has 1 saturated heterocycles. The van der Waals surface area contributed by atoms with Crippen molar-refractivity contribution in [3.63, 3.8) is 0 Å². The van der Waals surface area contributed by atoms with Gasteiger partial charge in [-0.2, -0.15) is 0 Å². The molecular formula is C15H24ClN3. The maximum Gasteiger partial charge on any atom is 0.0408 e. The lowest BCUT2D eigenvalue weighted by Gasteiger charge is -2.38. The largest absolute Gasteiger partial charge is 0.327 e. The smallest absolute Gasteiger partial charge is 0.0408 e. The molecule has 1 fully saturated rings. The highest BCUT2D eigenvalue weighted by Crippen LogP contribution is 2.16. The molecule has 0 spiro atoms. The van der Waals surface area contributed by atoms with Crippen LogP contribution in [-0.2, 0) is 6.42 Å². The summed E-state index contributed by atoms with van der Waals surface area (Å²) in [5, 5.41) is 0.791. The molecule has 19 heavy (non-hydrogen) atoms. The Morgan fingerprint density at radius 2 is 2.16 bits per heavy atom. The molecule has 0 bridgehead atoms. The van der Waals surface area contributed by atoms with Crippen LogP contribution in [0, 0.1) is 0 Å². The SMILES string of the molecule is CN1CCN(C)C(CC(N)Cc2cccc(Cl)c2)C1. The predicted molar refractivity (Wildman–Crippen MR) is 81.7 cm³/mol. The van der Waals surface area contributed by atoms with Crippen LogP contribution >= 0.6 is 11.6 Å². The predicted octanol–water partition coefficient (Wildman–Crippen LogP) is 1.85. The Balaban J connectivity index is 1.88. The quantitative estimate of drug-likeness (QED) is 0.914. The van der Waals surface area contributed by atoms with Gasteiger partial charge in [0.05, 0.1) is 0 Å². The van der Waals surface area contributed by atoms with Crippen LogP contribution in [0.5, 0.6) is 0 Å². The summed E-state index contributed by atoms with van der Waals surface area (Å²) in [5.41, 5.74) is 7.53. The molecule has 2 N–H and O–H groups in total. The van der Waals surface area contributed by atoms with Crippen molar-refractivity contribution in [2.24, 2.45) is 5.73 Å². The molecular weight excluding hydrogens is 258 g/mol. The number of hydrogen-bond acceptors (Lipinski definition) is 3. The molecule has 0 aromatic heterocycles. The Kier molecular flexibility index (Phi) is 5.22. The highest BCUT2D eigenvalue weighted by atomic mass is 35.5. The summed E-state index contributed by atoms with van der Waals surface area (Å²) in [6.07, 6.45) is 1.93. The Labute approximate surface area is 121 Å². The lowest BCUT2D eigenvalue weighted by molar-refractivity contribution is 0.104. The van der Waals surface area contributed by atoms with Crippen LogP contribution in [0.15, 0.2) is 24.3 Å². The second-order valence-corrected chi connectivity index (χ2v) is 6.16. The average Bonchev–Trinajstić information content (AvgIpc) is 2.34. The lowest BCUT2D eigenvalue weighted by atomic mass is 9.98. The number of likely N-dealkylation sites (N-methyl/N-ethyl adjacent to an activating group) is 2. The summed E-state index contributed by atoms with van der Waals surface area (Å²) in [6.45, 7) is 3.39. The van der Waals surface area contributed by atoms with Gasteiger partial charge >= 0.3 is 0 Å². The van der Waals surface area contributed by atoms with Crippen LogP contribution in [0.3, 0.4) is 0 Å². The number of nitrogens with two attached hydrogens (primary N) is 1. The van der Waals surface area contributed by atoms with Crippen LogP contribution in [-0.4, -0.2) is 55.6 Å². The second-order valence-electron chi connectivity index (χ2n) is 5.73. The number of benzene rings is 1. The van der Waals surface area contributed by atoms with Crippen molar-refractivity contribution < 1.29 is 0 Å². The van der Waals surface area contributed by atoms with Crippen LogP contribution in [0.1, 0.15) is 12.0 Å². The third kappa shape index (κ3) is 4.46. The van der Waals surface area contributed by atoms with Crippen LogP contribution in [0.4, 0.5) is 0 Å². The first-order valence-electron chi connectivity index (χ1n) is 6.93. The van der Waals surface area contributed by atoms with Gasteiger partial charge in [0, 0.05) is 36.7 Å². The molecule has 1 aliphatic rings. The molecule has 106 valence electrons. The summed E-state index contributed by atoms with van der Waals surface area (Å²) in [7, 11) is 4.38. The molecule has 0 saturated carbocycles. The van der Waals surface area contributed by atoms with E-state index in [1.54, 1.807) is 0 Å². The van der Waals surface area contributed by atoms with Crippen LogP contribution in [0.2, 0.25) is 5.02 Å². The molecule has 2 rings (SSSR count). The highest BCUT2D eigenvalue weighted by molar-refractivity contribution is 6.30. The monoisotopic (exact) mass is 281 g/mol. The standard InChI is InChI=1S/C15H24ClN3/c1-18-6-7-19(2)15(11-18)10-14(17)9-12-4-3-5-13(16)8-12/h3-5,8,14-15H,6-7,9-11,17H2,1-2H3. The minimum Gasteiger partial charge on any atom is -0.327 e. The summed E-state index contributed by atoms with van der Waals surface area (Å²) < 4.78 is 0. The van der Waals surface area contributed by atoms with Gasteiger partial charge in [0.2, 0.25) is 0 Å². The van der Waals surface area contributed by atoms with Gasteiger partial charge in [-0.05, 0) is 44.6 Å². The van der Waals surface area contributed by atoms with E-state index in [-0.39, 0.29) is 6.04 Å². The van der Waals surface area contributed by atoms with Gasteiger partial charge in [-0.25, -0.2) is 0 Å². The Morgan fingerprint density at radius 1 is 1.37 bits per heavy atom. The van der Waals surface area contributed by atoms with Crippen molar-refractivity contribution in [2.45, 2.75) is 24.9 Å². The number of halogens is 1. The summed E-state index contributed by atoms with van der Waals surface area (Å²) in [6, 6.07) is 8.76. The van der Waals surface area contributed by atoms with Gasteiger partial charge in [-0.3, -0.25) is 0 Å². The van der Waals surface area contributed by atoms with E-state index < -0.39 is 0 Å². The van der Waals surface area contributed by atoms with E-state index in [1.807, 2.05) is 18.2 Å². The third-order valence-corrected chi connectivity index (χ3v) is 4.18. The minimum atomic E-state index is 0.192. The summed E-state index contributed by atoms with van der Waals surface area (Å²) >= 11 is 6.01. The summed E-state index contributed by atoms with van der Waals surface area (Å²) in [4.78, 5) is 4.81. The second kappa shape index (κ2) is 6.71. The topological polar surface area (TPSA) is 32.5 Å². The molecule has 4 heteroatoms. The fourth-order valence-corrected chi connectivity index (χ4v) is 2.97. The minimum absolute atomic E-state index is 0.192. The fraction of sp³-hybridized carbons (Fsp3) is 0.600. The van der Waals surface area contributed by atoms with E-state index in [9.17, 15) is 0 Å². The van der Waals surface area contributed by atoms with E-state index in [1.165, 1.54) is 5.56 Å². The zero-order valence-corrected chi connectivity index (χ0v) is 12.6. The van der Waals surface area contributed by atoms with Gasteiger partial charge in [0.15, 0.2) is 0 Å². The Morgan fingerprint density at radius 3 is 2.89 bits per heavy atom. The first-order chi connectivity index (χ1) is 9.04. The maximum atomic E-state index is 6.31. The number of piperazine rings is 1. The molecule has 1 aromatic rings. The molecule has 2 unspecified atom stereocenters. The van der Waals surface area contributed by atoms with Crippen LogP contribution in [0.25, 0.3) is 0 Å². The molecule has 1 heterocycles. The van der Waals surface area contributed by atoms with Crippen molar-refractivity contribution in [3.05, 3.63) is 34.9 Å². The highest BCUT2D eigenvalue weighted by Gasteiger charge is 2.23. The van der Waals surface area contributed by atoms with Gasteiger partial charge in [0.25, 0.3) is 0 Å². The molecule has 0 aliphatic carbocycles. The van der Waals surface area contributed by atoms with Crippen molar-refractivity contribution in [1.82, 2.24) is 9.80 Å². The number of rotatable bonds is 4. The van der Waals surface area contributed by atoms with Gasteiger partial charge < -0.3 is 15.5 Å². The molecule has 3 nitrogen and oxygen atoms in total. The normalized spacial score (nSPS) is 23.5. The van der Waals surface area contributed by atoms with Gasteiger partial charge in [-0.1, -0.05) is 23.7 Å². The first-order valence-corrected chi connectivity index (χ1v) is 7.31. The first kappa shape index (κ1) is 14.8. The molecule has 2 atom stereocenters. The third-order valence-electron chi connectivity index (χ3n) is 3.94. The zero-order chi connectivity index (χ0) is 13.8. The Hall–Kier alpha value is -0.610. The number of hydrogen-bond donors (Lipinski definition) is 1. The summed E-state index contributed by atoms with van der Waals surface area (Å²) in [5.74, 6) is 0. The molecule has 0 amide bonds.